The third-order valence-electron chi connectivity index (χ3n) is 1.62. The second kappa shape index (κ2) is 4.61. The van der Waals surface area contributed by atoms with E-state index in [1.807, 2.05) is 0 Å². The van der Waals surface area contributed by atoms with Crippen LogP contribution in [0.1, 0.15) is 6.42 Å². The summed E-state index contributed by atoms with van der Waals surface area (Å²) in [6, 6.07) is 1.74. The molecule has 1 heterocycles. The Morgan fingerprint density at radius 2 is 2.54 bits per heavy atom. The third kappa shape index (κ3) is 2.87. The second-order valence-electron chi connectivity index (χ2n) is 2.63. The van der Waals surface area contributed by atoms with Gasteiger partial charge >= 0.3 is 0 Å². The lowest BCUT2D eigenvalue weighted by Gasteiger charge is -2.03. The van der Waals surface area contributed by atoms with E-state index in [0.29, 0.717) is 18.8 Å². The van der Waals surface area contributed by atoms with Gasteiger partial charge in [-0.3, -0.25) is 9.48 Å². The molecule has 0 radical (unpaired) electrons. The predicted octanol–water partition coefficient (Wildman–Crippen LogP) is 0.395. The molecule has 0 atom stereocenters. The summed E-state index contributed by atoms with van der Waals surface area (Å²) in [5.41, 5.74) is 0. The highest BCUT2D eigenvalue weighted by Crippen LogP contribution is 2.03. The van der Waals surface area contributed by atoms with Gasteiger partial charge < -0.3 is 10.1 Å². The van der Waals surface area contributed by atoms with Crippen molar-refractivity contribution in [1.82, 2.24) is 9.78 Å². The number of nitrogens with zero attached hydrogens (tertiary/aromatic N) is 2. The number of amides is 1. The Morgan fingerprint density at radius 1 is 1.77 bits per heavy atom. The van der Waals surface area contributed by atoms with Crippen LogP contribution in [0.25, 0.3) is 0 Å². The first-order valence-corrected chi connectivity index (χ1v) is 4.01. The number of ether oxygens (including phenoxy) is 1. The maximum Gasteiger partial charge on any atom is 0.227 e. The van der Waals surface area contributed by atoms with Crippen molar-refractivity contribution in [3.63, 3.8) is 0 Å². The van der Waals surface area contributed by atoms with E-state index in [2.05, 4.69) is 10.4 Å². The molecule has 0 aromatic carbocycles. The summed E-state index contributed by atoms with van der Waals surface area (Å²) < 4.78 is 6.38. The van der Waals surface area contributed by atoms with E-state index in [9.17, 15) is 4.79 Å². The zero-order valence-corrected chi connectivity index (χ0v) is 7.78. The molecule has 1 amide bonds. The first-order valence-electron chi connectivity index (χ1n) is 4.01. The Hall–Kier alpha value is -1.36. The lowest BCUT2D eigenvalue weighted by atomic mass is 10.4. The molecular weight excluding hydrogens is 170 g/mol. The van der Waals surface area contributed by atoms with Crippen LogP contribution in [0.5, 0.6) is 0 Å². The summed E-state index contributed by atoms with van der Waals surface area (Å²) in [5, 5.41) is 6.63. The van der Waals surface area contributed by atoms with Crippen molar-refractivity contribution in [3.05, 3.63) is 12.3 Å². The molecule has 1 aromatic rings. The van der Waals surface area contributed by atoms with Crippen molar-refractivity contribution in [2.24, 2.45) is 7.05 Å². The van der Waals surface area contributed by atoms with Gasteiger partial charge in [-0.05, 0) is 0 Å². The number of hydrogen-bond donors (Lipinski definition) is 1. The molecule has 0 saturated heterocycles. The molecule has 1 rings (SSSR count). The van der Waals surface area contributed by atoms with Crippen molar-refractivity contribution in [2.75, 3.05) is 19.0 Å². The standard InChI is InChI=1S/C8H13N3O2/c1-11-7(3-5-9-11)10-8(12)4-6-13-2/h3,5H,4,6H2,1-2H3,(H,10,12). The Labute approximate surface area is 76.7 Å². The maximum absolute atomic E-state index is 11.2. The molecule has 13 heavy (non-hydrogen) atoms. The molecule has 1 N–H and O–H groups in total. The fraction of sp³-hybridized carbons (Fsp3) is 0.500. The van der Waals surface area contributed by atoms with Crippen LogP contribution in [0.2, 0.25) is 0 Å². The molecule has 0 unspecified atom stereocenters. The minimum atomic E-state index is -0.0644. The van der Waals surface area contributed by atoms with Gasteiger partial charge in [0, 0.05) is 20.2 Å². The molecule has 1 aromatic heterocycles. The van der Waals surface area contributed by atoms with Crippen LogP contribution < -0.4 is 5.32 Å². The van der Waals surface area contributed by atoms with Crippen LogP contribution in [0, 0.1) is 0 Å². The zero-order chi connectivity index (χ0) is 9.68. The SMILES string of the molecule is COCCC(=O)Nc1ccnn1C. The quantitative estimate of drug-likeness (QED) is 0.734. The first kappa shape index (κ1) is 9.73. The summed E-state index contributed by atoms with van der Waals surface area (Å²) in [5.74, 6) is 0.631. The highest BCUT2D eigenvalue weighted by Gasteiger charge is 2.03. The Kier molecular flexibility index (Phi) is 3.45. The molecule has 0 aliphatic carbocycles. The van der Waals surface area contributed by atoms with Crippen molar-refractivity contribution in [3.8, 4) is 0 Å². The summed E-state index contributed by atoms with van der Waals surface area (Å²) in [7, 11) is 3.34. The highest BCUT2D eigenvalue weighted by atomic mass is 16.5. The van der Waals surface area contributed by atoms with Gasteiger partial charge in [0.25, 0.3) is 0 Å². The van der Waals surface area contributed by atoms with Gasteiger partial charge in [-0.1, -0.05) is 0 Å². The summed E-state index contributed by atoms with van der Waals surface area (Å²) in [4.78, 5) is 11.2. The van der Waals surface area contributed by atoms with E-state index in [1.165, 1.54) is 0 Å². The predicted molar refractivity (Wildman–Crippen MR) is 48.3 cm³/mol. The summed E-state index contributed by atoms with van der Waals surface area (Å²) in [6.07, 6.45) is 1.99. The molecule has 0 aliphatic heterocycles. The van der Waals surface area contributed by atoms with E-state index >= 15 is 0 Å². The average Bonchev–Trinajstić information content (AvgIpc) is 2.48. The van der Waals surface area contributed by atoms with E-state index in [-0.39, 0.29) is 5.91 Å². The molecular formula is C8H13N3O2. The van der Waals surface area contributed by atoms with Crippen molar-refractivity contribution in [1.29, 1.82) is 0 Å². The van der Waals surface area contributed by atoms with Gasteiger partial charge in [-0.25, -0.2) is 0 Å². The van der Waals surface area contributed by atoms with E-state index < -0.39 is 0 Å². The van der Waals surface area contributed by atoms with Crippen LogP contribution in [-0.2, 0) is 16.6 Å². The largest absolute Gasteiger partial charge is 0.384 e. The van der Waals surface area contributed by atoms with Crippen molar-refractivity contribution in [2.45, 2.75) is 6.42 Å². The fourth-order valence-electron chi connectivity index (χ4n) is 0.897. The number of rotatable bonds is 4. The number of nitrogens with one attached hydrogen (secondary N) is 1. The topological polar surface area (TPSA) is 56.1 Å². The zero-order valence-electron chi connectivity index (χ0n) is 7.78. The fourth-order valence-corrected chi connectivity index (χ4v) is 0.897. The first-order chi connectivity index (χ1) is 6.24. The lowest BCUT2D eigenvalue weighted by Crippen LogP contribution is -2.15. The van der Waals surface area contributed by atoms with Gasteiger partial charge in [0.1, 0.15) is 5.82 Å². The van der Waals surface area contributed by atoms with Gasteiger partial charge in [-0.15, -0.1) is 0 Å². The number of carbonyl (C=O) groups is 1. The molecule has 72 valence electrons. The van der Waals surface area contributed by atoms with Gasteiger partial charge in [-0.2, -0.15) is 5.10 Å². The lowest BCUT2D eigenvalue weighted by molar-refractivity contribution is -0.117. The van der Waals surface area contributed by atoms with Crippen LogP contribution in [0.15, 0.2) is 12.3 Å². The molecule has 5 heteroatoms. The Morgan fingerprint density at radius 3 is 3.08 bits per heavy atom. The molecule has 5 nitrogen and oxygen atoms in total. The van der Waals surface area contributed by atoms with E-state index in [1.54, 1.807) is 31.1 Å². The molecule has 0 aliphatic rings. The second-order valence-corrected chi connectivity index (χ2v) is 2.63. The van der Waals surface area contributed by atoms with Gasteiger partial charge in [0.15, 0.2) is 0 Å². The van der Waals surface area contributed by atoms with Crippen LogP contribution >= 0.6 is 0 Å². The van der Waals surface area contributed by atoms with Crippen LogP contribution in [0.3, 0.4) is 0 Å². The number of anilines is 1. The van der Waals surface area contributed by atoms with Crippen molar-refractivity contribution >= 4 is 11.7 Å². The summed E-state index contributed by atoms with van der Waals surface area (Å²) >= 11 is 0. The minimum absolute atomic E-state index is 0.0644. The van der Waals surface area contributed by atoms with Gasteiger partial charge in [0.05, 0.1) is 19.2 Å². The van der Waals surface area contributed by atoms with Crippen LogP contribution in [-0.4, -0.2) is 29.4 Å². The number of carbonyl (C=O) groups excluding carboxylic acids is 1. The van der Waals surface area contributed by atoms with Crippen LogP contribution in [0.4, 0.5) is 5.82 Å². The minimum Gasteiger partial charge on any atom is -0.384 e. The maximum atomic E-state index is 11.2. The van der Waals surface area contributed by atoms with Crippen molar-refractivity contribution < 1.29 is 9.53 Å². The molecule has 0 fully saturated rings. The smallest absolute Gasteiger partial charge is 0.227 e. The number of aromatic nitrogens is 2. The van der Waals surface area contributed by atoms with E-state index in [4.69, 9.17) is 4.74 Å². The Balaban J connectivity index is 2.41. The molecule has 0 saturated carbocycles. The molecule has 0 spiro atoms. The normalized spacial score (nSPS) is 10.0. The number of aryl methyl sites for hydroxylation is 1. The molecule has 0 bridgehead atoms. The van der Waals surface area contributed by atoms with E-state index in [0.717, 1.165) is 0 Å². The Bertz CT molecular complexity index is 283. The number of methoxy groups -OCH3 is 1. The highest BCUT2D eigenvalue weighted by molar-refractivity contribution is 5.89. The van der Waals surface area contributed by atoms with Gasteiger partial charge in [0.2, 0.25) is 5.91 Å². The monoisotopic (exact) mass is 183 g/mol. The average molecular weight is 183 g/mol. The number of hydrogen-bond acceptors (Lipinski definition) is 3. The third-order valence-corrected chi connectivity index (χ3v) is 1.62. The summed E-state index contributed by atoms with van der Waals surface area (Å²) in [6.45, 7) is 0.434.